The number of hydrogen-bond acceptors (Lipinski definition) is 1. The molecule has 4 heteroatoms. The second-order valence-electron chi connectivity index (χ2n) is 4.71. The fourth-order valence-corrected chi connectivity index (χ4v) is 2.86. The van der Waals surface area contributed by atoms with E-state index in [9.17, 15) is 4.39 Å². The molecule has 0 N–H and O–H groups in total. The minimum absolute atomic E-state index is 0.131. The summed E-state index contributed by atoms with van der Waals surface area (Å²) in [6, 6.07) is 13.0. The molecule has 0 amide bonds. The standard InChI is InChI=1S/C16H16BrClFN/c1-11(12-6-8-13(18)9-7-12)20(2)16-5-3-4-15(19)14(16)10-17/h3-9,11H,10H2,1-2H3. The Bertz CT molecular complexity index is 586. The Labute approximate surface area is 132 Å². The van der Waals surface area contributed by atoms with E-state index in [-0.39, 0.29) is 11.9 Å². The molecule has 0 aliphatic heterocycles. The second-order valence-corrected chi connectivity index (χ2v) is 5.71. The quantitative estimate of drug-likeness (QED) is 0.647. The molecule has 106 valence electrons. The Morgan fingerprint density at radius 2 is 1.85 bits per heavy atom. The lowest BCUT2D eigenvalue weighted by atomic mass is 10.1. The van der Waals surface area contributed by atoms with Gasteiger partial charge in [-0.1, -0.05) is 45.7 Å². The first-order chi connectivity index (χ1) is 9.54. The van der Waals surface area contributed by atoms with Crippen LogP contribution in [0.4, 0.5) is 10.1 Å². The minimum Gasteiger partial charge on any atom is -0.368 e. The molecule has 1 atom stereocenters. The summed E-state index contributed by atoms with van der Waals surface area (Å²) in [5, 5.41) is 1.21. The first kappa shape index (κ1) is 15.3. The fraction of sp³-hybridized carbons (Fsp3) is 0.250. The third-order valence-electron chi connectivity index (χ3n) is 3.54. The van der Waals surface area contributed by atoms with Gasteiger partial charge in [0.25, 0.3) is 0 Å². The van der Waals surface area contributed by atoms with Gasteiger partial charge >= 0.3 is 0 Å². The first-order valence-electron chi connectivity index (χ1n) is 6.36. The summed E-state index contributed by atoms with van der Waals surface area (Å²) in [5.74, 6) is -0.186. The van der Waals surface area contributed by atoms with Crippen molar-refractivity contribution >= 4 is 33.2 Å². The lowest BCUT2D eigenvalue weighted by Crippen LogP contribution is -2.23. The largest absolute Gasteiger partial charge is 0.368 e. The van der Waals surface area contributed by atoms with Crippen LogP contribution in [-0.4, -0.2) is 7.05 Å². The molecule has 0 fully saturated rings. The van der Waals surface area contributed by atoms with Gasteiger partial charge < -0.3 is 4.90 Å². The van der Waals surface area contributed by atoms with Crippen molar-refractivity contribution < 1.29 is 4.39 Å². The van der Waals surface area contributed by atoms with Gasteiger partial charge in [-0.15, -0.1) is 0 Å². The average Bonchev–Trinajstić information content (AvgIpc) is 2.46. The Morgan fingerprint density at radius 1 is 1.20 bits per heavy atom. The van der Waals surface area contributed by atoms with Crippen molar-refractivity contribution in [3.63, 3.8) is 0 Å². The molecular formula is C16H16BrClFN. The highest BCUT2D eigenvalue weighted by molar-refractivity contribution is 9.08. The highest BCUT2D eigenvalue weighted by Gasteiger charge is 2.17. The van der Waals surface area contributed by atoms with Gasteiger partial charge in [0.05, 0.1) is 6.04 Å². The van der Waals surface area contributed by atoms with Crippen molar-refractivity contribution in [3.8, 4) is 0 Å². The highest BCUT2D eigenvalue weighted by atomic mass is 79.9. The van der Waals surface area contributed by atoms with Crippen molar-refractivity contribution in [1.82, 2.24) is 0 Å². The van der Waals surface area contributed by atoms with Gasteiger partial charge in [-0.25, -0.2) is 4.39 Å². The van der Waals surface area contributed by atoms with Crippen molar-refractivity contribution in [2.45, 2.75) is 18.3 Å². The normalized spacial score (nSPS) is 12.2. The Kier molecular flexibility index (Phi) is 5.06. The van der Waals surface area contributed by atoms with Crippen LogP contribution in [-0.2, 0) is 5.33 Å². The van der Waals surface area contributed by atoms with Crippen LogP contribution in [0.15, 0.2) is 42.5 Å². The molecule has 0 radical (unpaired) electrons. The van der Waals surface area contributed by atoms with E-state index in [0.717, 1.165) is 16.3 Å². The van der Waals surface area contributed by atoms with Crippen molar-refractivity contribution in [2.24, 2.45) is 0 Å². The zero-order valence-electron chi connectivity index (χ0n) is 11.4. The fourth-order valence-electron chi connectivity index (χ4n) is 2.18. The predicted molar refractivity (Wildman–Crippen MR) is 87.3 cm³/mol. The molecule has 1 unspecified atom stereocenters. The summed E-state index contributed by atoms with van der Waals surface area (Å²) in [7, 11) is 1.97. The SMILES string of the molecule is CC(c1ccc(Cl)cc1)N(C)c1cccc(F)c1CBr. The van der Waals surface area contributed by atoms with Crippen LogP contribution in [0.1, 0.15) is 24.1 Å². The lowest BCUT2D eigenvalue weighted by Gasteiger charge is -2.29. The van der Waals surface area contributed by atoms with Crippen LogP contribution in [0.25, 0.3) is 0 Å². The predicted octanol–water partition coefficient (Wildman–Crippen LogP) is 5.57. The van der Waals surface area contributed by atoms with Gasteiger partial charge in [0.2, 0.25) is 0 Å². The molecule has 0 spiro atoms. The van der Waals surface area contributed by atoms with E-state index in [4.69, 9.17) is 11.6 Å². The first-order valence-corrected chi connectivity index (χ1v) is 7.86. The summed E-state index contributed by atoms with van der Waals surface area (Å²) in [6.07, 6.45) is 0. The number of anilines is 1. The van der Waals surface area contributed by atoms with E-state index in [1.807, 2.05) is 37.4 Å². The van der Waals surface area contributed by atoms with Crippen molar-refractivity contribution in [3.05, 3.63) is 64.4 Å². The molecule has 0 aliphatic rings. The van der Waals surface area contributed by atoms with Gasteiger partial charge in [-0.3, -0.25) is 0 Å². The minimum atomic E-state index is -0.186. The summed E-state index contributed by atoms with van der Waals surface area (Å²) < 4.78 is 13.9. The number of alkyl halides is 1. The third kappa shape index (κ3) is 3.15. The number of hydrogen-bond donors (Lipinski definition) is 0. The highest BCUT2D eigenvalue weighted by Crippen LogP contribution is 2.31. The molecular weight excluding hydrogens is 341 g/mol. The molecule has 0 aliphatic carbocycles. The summed E-state index contributed by atoms with van der Waals surface area (Å²) in [5.41, 5.74) is 2.71. The van der Waals surface area contributed by atoms with Gasteiger partial charge in [0, 0.05) is 28.7 Å². The van der Waals surface area contributed by atoms with E-state index >= 15 is 0 Å². The number of halogens is 3. The van der Waals surface area contributed by atoms with Crippen LogP contribution < -0.4 is 4.90 Å². The summed E-state index contributed by atoms with van der Waals surface area (Å²) in [6.45, 7) is 2.09. The zero-order valence-corrected chi connectivity index (χ0v) is 13.7. The smallest absolute Gasteiger partial charge is 0.129 e. The Morgan fingerprint density at radius 3 is 2.45 bits per heavy atom. The van der Waals surface area contributed by atoms with Crippen LogP contribution in [0, 0.1) is 5.82 Å². The molecule has 0 heterocycles. The zero-order chi connectivity index (χ0) is 14.7. The lowest BCUT2D eigenvalue weighted by molar-refractivity contribution is 0.614. The monoisotopic (exact) mass is 355 g/mol. The molecule has 0 aromatic heterocycles. The molecule has 2 rings (SSSR count). The van der Waals surface area contributed by atoms with Crippen molar-refractivity contribution in [1.29, 1.82) is 0 Å². The van der Waals surface area contributed by atoms with Gasteiger partial charge in [-0.2, -0.15) is 0 Å². The van der Waals surface area contributed by atoms with Gasteiger partial charge in [-0.05, 0) is 36.8 Å². The van der Waals surface area contributed by atoms with E-state index in [1.165, 1.54) is 6.07 Å². The molecule has 0 bridgehead atoms. The van der Waals surface area contributed by atoms with Crippen LogP contribution in [0.2, 0.25) is 5.02 Å². The molecule has 0 saturated carbocycles. The number of rotatable bonds is 4. The van der Waals surface area contributed by atoms with Gasteiger partial charge in [0.1, 0.15) is 5.82 Å². The van der Waals surface area contributed by atoms with Gasteiger partial charge in [0.15, 0.2) is 0 Å². The molecule has 2 aromatic rings. The Balaban J connectivity index is 2.33. The van der Waals surface area contributed by atoms with E-state index in [0.29, 0.717) is 10.9 Å². The summed E-state index contributed by atoms with van der Waals surface area (Å²) >= 11 is 9.27. The molecule has 0 saturated heterocycles. The molecule has 20 heavy (non-hydrogen) atoms. The van der Waals surface area contributed by atoms with Crippen LogP contribution in [0.5, 0.6) is 0 Å². The molecule has 2 aromatic carbocycles. The van der Waals surface area contributed by atoms with Crippen LogP contribution in [0.3, 0.4) is 0 Å². The average molecular weight is 357 g/mol. The van der Waals surface area contributed by atoms with Crippen molar-refractivity contribution in [2.75, 3.05) is 11.9 Å². The Hall–Kier alpha value is -1.06. The topological polar surface area (TPSA) is 3.24 Å². The van der Waals surface area contributed by atoms with E-state index < -0.39 is 0 Å². The number of benzene rings is 2. The third-order valence-corrected chi connectivity index (χ3v) is 4.35. The summed E-state index contributed by atoms with van der Waals surface area (Å²) in [4.78, 5) is 2.07. The maximum Gasteiger partial charge on any atom is 0.129 e. The maximum atomic E-state index is 13.9. The maximum absolute atomic E-state index is 13.9. The molecule has 1 nitrogen and oxygen atoms in total. The van der Waals surface area contributed by atoms with E-state index in [1.54, 1.807) is 6.07 Å². The van der Waals surface area contributed by atoms with Crippen LogP contribution >= 0.6 is 27.5 Å². The van der Waals surface area contributed by atoms with E-state index in [2.05, 4.69) is 27.8 Å². The number of nitrogens with zero attached hydrogens (tertiary/aromatic N) is 1. The second kappa shape index (κ2) is 6.59.